The third-order valence-corrected chi connectivity index (χ3v) is 2.87. The zero-order chi connectivity index (χ0) is 14.6. The molecule has 0 unspecified atom stereocenters. The minimum atomic E-state index is -4.41. The minimum absolute atomic E-state index is 0. The molecule has 0 aromatic carbocycles. The fourth-order valence-corrected chi connectivity index (χ4v) is 1.58. The number of rotatable bonds is 5. The monoisotopic (exact) mass is 325 g/mol. The Morgan fingerprint density at radius 3 is 2.62 bits per heavy atom. The summed E-state index contributed by atoms with van der Waals surface area (Å²) < 4.78 is 42.0. The molecule has 1 aromatic heterocycles. The van der Waals surface area contributed by atoms with E-state index in [4.69, 9.17) is 4.74 Å². The van der Waals surface area contributed by atoms with Gasteiger partial charge in [-0.1, -0.05) is 0 Å². The Labute approximate surface area is 125 Å². The molecule has 2 rings (SSSR count). The molecular formula is C12H15ClF3N3O2. The highest BCUT2D eigenvalue weighted by molar-refractivity contribution is 5.85. The van der Waals surface area contributed by atoms with Crippen LogP contribution in [0.2, 0.25) is 0 Å². The number of nitrogens with zero attached hydrogens (tertiary/aromatic N) is 1. The van der Waals surface area contributed by atoms with Crippen LogP contribution < -0.4 is 15.4 Å². The minimum Gasteiger partial charge on any atom is -0.476 e. The van der Waals surface area contributed by atoms with Crippen LogP contribution in [0.3, 0.4) is 0 Å². The van der Waals surface area contributed by atoms with Gasteiger partial charge in [-0.05, 0) is 6.07 Å². The average Bonchev–Trinajstić information content (AvgIpc) is 2.32. The SMILES string of the molecule is Cl.O=C(NCCOc1ccc(C(F)(F)F)cn1)C1CNC1. The summed E-state index contributed by atoms with van der Waals surface area (Å²) in [6, 6.07) is 2.06. The lowest BCUT2D eigenvalue weighted by Crippen LogP contribution is -2.51. The van der Waals surface area contributed by atoms with E-state index in [1.165, 1.54) is 0 Å². The van der Waals surface area contributed by atoms with Gasteiger partial charge < -0.3 is 15.4 Å². The van der Waals surface area contributed by atoms with E-state index in [0.717, 1.165) is 12.1 Å². The highest BCUT2D eigenvalue weighted by atomic mass is 35.5. The number of nitrogens with one attached hydrogen (secondary N) is 2. The number of carbonyl (C=O) groups excluding carboxylic acids is 1. The number of halogens is 4. The lowest BCUT2D eigenvalue weighted by atomic mass is 10.0. The molecule has 0 aliphatic carbocycles. The van der Waals surface area contributed by atoms with E-state index in [9.17, 15) is 18.0 Å². The predicted molar refractivity (Wildman–Crippen MR) is 71.4 cm³/mol. The largest absolute Gasteiger partial charge is 0.476 e. The molecule has 0 radical (unpaired) electrons. The van der Waals surface area contributed by atoms with Crippen molar-refractivity contribution in [3.05, 3.63) is 23.9 Å². The standard InChI is InChI=1S/C12H14F3N3O2.ClH/c13-12(14,15)9-1-2-10(18-7-9)20-4-3-17-11(19)8-5-16-6-8;/h1-2,7-8,16H,3-6H2,(H,17,19);1H. The first-order valence-electron chi connectivity index (χ1n) is 6.11. The number of alkyl halides is 3. The van der Waals surface area contributed by atoms with Crippen LogP contribution in [-0.2, 0) is 11.0 Å². The summed E-state index contributed by atoms with van der Waals surface area (Å²) in [7, 11) is 0. The number of aromatic nitrogens is 1. The smallest absolute Gasteiger partial charge is 0.417 e. The molecule has 1 aromatic rings. The van der Waals surface area contributed by atoms with Crippen molar-refractivity contribution in [1.29, 1.82) is 0 Å². The number of carbonyl (C=O) groups is 1. The zero-order valence-corrected chi connectivity index (χ0v) is 11.8. The van der Waals surface area contributed by atoms with Gasteiger partial charge in [0.1, 0.15) is 6.61 Å². The summed E-state index contributed by atoms with van der Waals surface area (Å²) >= 11 is 0. The Kier molecular flexibility index (Phi) is 6.22. The molecule has 0 bridgehead atoms. The van der Waals surface area contributed by atoms with Crippen LogP contribution in [0.1, 0.15) is 5.56 Å². The second-order valence-electron chi connectivity index (χ2n) is 4.38. The number of ether oxygens (including phenoxy) is 1. The molecule has 0 saturated carbocycles. The highest BCUT2D eigenvalue weighted by Crippen LogP contribution is 2.29. The van der Waals surface area contributed by atoms with Gasteiger partial charge >= 0.3 is 6.18 Å². The number of hydrogen-bond donors (Lipinski definition) is 2. The molecule has 1 amide bonds. The molecule has 118 valence electrons. The molecule has 1 saturated heterocycles. The fourth-order valence-electron chi connectivity index (χ4n) is 1.58. The van der Waals surface area contributed by atoms with Crippen molar-refractivity contribution in [3.63, 3.8) is 0 Å². The summed E-state index contributed by atoms with van der Waals surface area (Å²) in [6.45, 7) is 1.79. The van der Waals surface area contributed by atoms with Gasteiger partial charge in [0.25, 0.3) is 0 Å². The van der Waals surface area contributed by atoms with Gasteiger partial charge in [-0.25, -0.2) is 4.98 Å². The van der Waals surface area contributed by atoms with Crippen LogP contribution in [0.5, 0.6) is 5.88 Å². The van der Waals surface area contributed by atoms with E-state index in [0.29, 0.717) is 19.3 Å². The lowest BCUT2D eigenvalue weighted by molar-refractivity contribution is -0.137. The first-order valence-corrected chi connectivity index (χ1v) is 6.11. The lowest BCUT2D eigenvalue weighted by Gasteiger charge is -2.25. The Bertz CT molecular complexity index is 464. The number of hydrogen-bond acceptors (Lipinski definition) is 4. The van der Waals surface area contributed by atoms with Crippen molar-refractivity contribution in [2.45, 2.75) is 6.18 Å². The van der Waals surface area contributed by atoms with E-state index in [1.54, 1.807) is 0 Å². The van der Waals surface area contributed by atoms with Gasteiger partial charge in [-0.15, -0.1) is 12.4 Å². The molecule has 0 atom stereocenters. The third-order valence-electron chi connectivity index (χ3n) is 2.87. The normalized spacial score (nSPS) is 14.8. The van der Waals surface area contributed by atoms with Crippen LogP contribution >= 0.6 is 12.4 Å². The average molecular weight is 326 g/mol. The van der Waals surface area contributed by atoms with Gasteiger partial charge in [-0.2, -0.15) is 13.2 Å². The molecule has 1 aliphatic heterocycles. The van der Waals surface area contributed by atoms with Crippen LogP contribution in [0, 0.1) is 5.92 Å². The van der Waals surface area contributed by atoms with Crippen molar-refractivity contribution in [1.82, 2.24) is 15.6 Å². The van der Waals surface area contributed by atoms with Crippen molar-refractivity contribution in [2.75, 3.05) is 26.2 Å². The molecule has 5 nitrogen and oxygen atoms in total. The molecule has 1 fully saturated rings. The Balaban J connectivity index is 0.00000220. The van der Waals surface area contributed by atoms with Crippen LogP contribution in [0.4, 0.5) is 13.2 Å². The fraction of sp³-hybridized carbons (Fsp3) is 0.500. The van der Waals surface area contributed by atoms with Crippen LogP contribution in [0.15, 0.2) is 18.3 Å². The van der Waals surface area contributed by atoms with Crippen molar-refractivity contribution in [3.8, 4) is 5.88 Å². The predicted octanol–water partition coefficient (Wildman–Crippen LogP) is 1.24. The second kappa shape index (κ2) is 7.46. The molecule has 2 heterocycles. The van der Waals surface area contributed by atoms with E-state index in [2.05, 4.69) is 15.6 Å². The second-order valence-corrected chi connectivity index (χ2v) is 4.38. The summed E-state index contributed by atoms with van der Waals surface area (Å²) in [6.07, 6.45) is -3.69. The quantitative estimate of drug-likeness (QED) is 0.800. The van der Waals surface area contributed by atoms with Crippen LogP contribution in [-0.4, -0.2) is 37.1 Å². The van der Waals surface area contributed by atoms with Gasteiger partial charge in [0.05, 0.1) is 18.0 Å². The van der Waals surface area contributed by atoms with Crippen molar-refractivity contribution in [2.24, 2.45) is 5.92 Å². The van der Waals surface area contributed by atoms with Crippen molar-refractivity contribution >= 4 is 18.3 Å². The van der Waals surface area contributed by atoms with Gasteiger partial charge in [0.2, 0.25) is 11.8 Å². The van der Waals surface area contributed by atoms with Crippen molar-refractivity contribution < 1.29 is 22.7 Å². The first-order chi connectivity index (χ1) is 9.47. The molecule has 0 spiro atoms. The number of amides is 1. The molecule has 2 N–H and O–H groups in total. The maximum atomic E-state index is 12.3. The van der Waals surface area contributed by atoms with Gasteiger partial charge in [-0.3, -0.25) is 4.79 Å². The third kappa shape index (κ3) is 5.05. The zero-order valence-electron chi connectivity index (χ0n) is 10.9. The summed E-state index contributed by atoms with van der Waals surface area (Å²) in [4.78, 5) is 15.0. The van der Waals surface area contributed by atoms with E-state index in [-0.39, 0.29) is 43.3 Å². The van der Waals surface area contributed by atoms with Gasteiger partial charge in [0.15, 0.2) is 0 Å². The molecule has 21 heavy (non-hydrogen) atoms. The Hall–Kier alpha value is -1.54. The topological polar surface area (TPSA) is 63.2 Å². The van der Waals surface area contributed by atoms with E-state index < -0.39 is 11.7 Å². The maximum absolute atomic E-state index is 12.3. The molecule has 1 aliphatic rings. The Morgan fingerprint density at radius 1 is 1.43 bits per heavy atom. The molecule has 9 heteroatoms. The van der Waals surface area contributed by atoms with E-state index >= 15 is 0 Å². The van der Waals surface area contributed by atoms with Crippen LogP contribution in [0.25, 0.3) is 0 Å². The van der Waals surface area contributed by atoms with E-state index in [1.807, 2.05) is 0 Å². The summed E-state index contributed by atoms with van der Waals surface area (Å²) in [5.74, 6) is 0.0458. The van der Waals surface area contributed by atoms with Gasteiger partial charge in [0, 0.05) is 25.4 Å². The summed E-state index contributed by atoms with van der Waals surface area (Å²) in [5, 5.41) is 5.66. The molecular weight excluding hydrogens is 311 g/mol. The first kappa shape index (κ1) is 17.5. The summed E-state index contributed by atoms with van der Waals surface area (Å²) in [5.41, 5.74) is -0.823. The maximum Gasteiger partial charge on any atom is 0.417 e. The number of pyridine rings is 1. The highest BCUT2D eigenvalue weighted by Gasteiger charge is 2.30. The Morgan fingerprint density at radius 2 is 2.14 bits per heavy atom.